The molecule has 0 radical (unpaired) electrons. The summed E-state index contributed by atoms with van der Waals surface area (Å²) in [6, 6.07) is 0. The van der Waals surface area contributed by atoms with Crippen LogP contribution in [0.5, 0.6) is 0 Å². The molecule has 0 spiro atoms. The van der Waals surface area contributed by atoms with Gasteiger partial charge in [-0.2, -0.15) is 0 Å². The van der Waals surface area contributed by atoms with Gasteiger partial charge in [0.15, 0.2) is 0 Å². The summed E-state index contributed by atoms with van der Waals surface area (Å²) in [7, 11) is 0. The number of rotatable bonds is 7. The summed E-state index contributed by atoms with van der Waals surface area (Å²) in [5.74, 6) is 3.06. The molecule has 0 unspecified atom stereocenters. The van der Waals surface area contributed by atoms with E-state index in [9.17, 15) is 0 Å². The van der Waals surface area contributed by atoms with Crippen LogP contribution in [0.4, 0.5) is 11.6 Å². The van der Waals surface area contributed by atoms with Gasteiger partial charge in [0.05, 0.1) is 12.4 Å². The summed E-state index contributed by atoms with van der Waals surface area (Å²) in [6.07, 6.45) is 3.63. The Bertz CT molecular complexity index is 339. The van der Waals surface area contributed by atoms with E-state index in [-0.39, 0.29) is 0 Å². The van der Waals surface area contributed by atoms with Gasteiger partial charge in [0.1, 0.15) is 11.6 Å². The first-order valence-corrected chi connectivity index (χ1v) is 6.83. The fraction of sp³-hybridized carbons (Fsp3) is 0.714. The third kappa shape index (κ3) is 4.90. The molecule has 0 aliphatic carbocycles. The molecule has 1 aromatic rings. The van der Waals surface area contributed by atoms with Gasteiger partial charge in [-0.1, -0.05) is 27.7 Å². The Labute approximate surface area is 111 Å². The molecule has 0 saturated carbocycles. The van der Waals surface area contributed by atoms with Gasteiger partial charge in [0, 0.05) is 19.6 Å². The summed E-state index contributed by atoms with van der Waals surface area (Å²) in [6.45, 7) is 13.9. The number of hydrogen-bond acceptors (Lipinski definition) is 4. The normalized spacial score (nSPS) is 11.1. The van der Waals surface area contributed by atoms with Crippen molar-refractivity contribution in [2.45, 2.75) is 34.6 Å². The quantitative estimate of drug-likeness (QED) is 0.807. The van der Waals surface area contributed by atoms with E-state index in [1.807, 2.05) is 6.20 Å². The number of anilines is 2. The topological polar surface area (TPSA) is 41.1 Å². The lowest BCUT2D eigenvalue weighted by Crippen LogP contribution is -2.32. The average molecular weight is 250 g/mol. The lowest BCUT2D eigenvalue weighted by atomic mass is 10.1. The van der Waals surface area contributed by atoms with Crippen molar-refractivity contribution in [1.29, 1.82) is 0 Å². The van der Waals surface area contributed by atoms with Crippen LogP contribution in [0.25, 0.3) is 0 Å². The van der Waals surface area contributed by atoms with Crippen LogP contribution in [0.1, 0.15) is 34.6 Å². The third-order valence-corrected chi connectivity index (χ3v) is 2.47. The van der Waals surface area contributed by atoms with Gasteiger partial charge in [-0.3, -0.25) is 4.98 Å². The zero-order valence-electron chi connectivity index (χ0n) is 12.3. The first-order chi connectivity index (χ1) is 8.52. The van der Waals surface area contributed by atoms with Crippen molar-refractivity contribution in [2.24, 2.45) is 11.8 Å². The highest BCUT2D eigenvalue weighted by atomic mass is 15.2. The number of hydrogen-bond donors (Lipinski definition) is 1. The van der Waals surface area contributed by atoms with Gasteiger partial charge in [-0.05, 0) is 18.8 Å². The minimum absolute atomic E-state index is 0.619. The molecule has 0 bridgehead atoms. The molecule has 4 nitrogen and oxygen atoms in total. The summed E-state index contributed by atoms with van der Waals surface area (Å²) in [5.41, 5.74) is 0. The van der Waals surface area contributed by atoms with Crippen LogP contribution >= 0.6 is 0 Å². The first-order valence-electron chi connectivity index (χ1n) is 6.83. The highest BCUT2D eigenvalue weighted by Crippen LogP contribution is 2.16. The predicted octanol–water partition coefficient (Wildman–Crippen LogP) is 3.03. The number of nitrogens with one attached hydrogen (secondary N) is 1. The summed E-state index contributed by atoms with van der Waals surface area (Å²) < 4.78 is 0. The van der Waals surface area contributed by atoms with E-state index in [1.165, 1.54) is 0 Å². The van der Waals surface area contributed by atoms with Gasteiger partial charge in [0.25, 0.3) is 0 Å². The molecule has 0 fully saturated rings. The molecule has 1 heterocycles. The second-order valence-corrected chi connectivity index (χ2v) is 5.49. The second-order valence-electron chi connectivity index (χ2n) is 5.49. The maximum atomic E-state index is 4.62. The Morgan fingerprint density at radius 2 is 1.72 bits per heavy atom. The standard InChI is InChI=1S/C14H26N4/c1-6-16-13-7-15-8-14(17-13)18(9-11(2)3)10-12(4)5/h7-8,11-12H,6,9-10H2,1-5H3,(H,16,17). The van der Waals surface area contributed by atoms with Crippen LogP contribution in [0.2, 0.25) is 0 Å². The lowest BCUT2D eigenvalue weighted by Gasteiger charge is -2.27. The molecule has 0 saturated heterocycles. The second kappa shape index (κ2) is 7.19. The van der Waals surface area contributed by atoms with E-state index in [1.54, 1.807) is 6.20 Å². The van der Waals surface area contributed by atoms with Crippen molar-refractivity contribution in [1.82, 2.24) is 9.97 Å². The molecular weight excluding hydrogens is 224 g/mol. The number of aromatic nitrogens is 2. The van der Waals surface area contributed by atoms with Crippen molar-refractivity contribution < 1.29 is 0 Å². The molecule has 0 aromatic carbocycles. The lowest BCUT2D eigenvalue weighted by molar-refractivity contribution is 0.548. The monoisotopic (exact) mass is 250 g/mol. The zero-order valence-corrected chi connectivity index (χ0v) is 12.3. The Morgan fingerprint density at radius 1 is 1.11 bits per heavy atom. The Kier molecular flexibility index (Phi) is 5.89. The van der Waals surface area contributed by atoms with E-state index in [4.69, 9.17) is 0 Å². The van der Waals surface area contributed by atoms with E-state index in [2.05, 4.69) is 54.8 Å². The largest absolute Gasteiger partial charge is 0.369 e. The smallest absolute Gasteiger partial charge is 0.149 e. The van der Waals surface area contributed by atoms with Crippen LogP contribution in [0, 0.1) is 11.8 Å². The molecule has 102 valence electrons. The highest BCUT2D eigenvalue weighted by molar-refractivity contribution is 5.43. The molecule has 4 heteroatoms. The fourth-order valence-electron chi connectivity index (χ4n) is 1.92. The van der Waals surface area contributed by atoms with Crippen LogP contribution in [-0.4, -0.2) is 29.6 Å². The first kappa shape index (κ1) is 14.7. The molecule has 0 aliphatic heterocycles. The molecular formula is C14H26N4. The zero-order chi connectivity index (χ0) is 13.5. The summed E-state index contributed by atoms with van der Waals surface area (Å²) in [4.78, 5) is 11.2. The van der Waals surface area contributed by atoms with E-state index >= 15 is 0 Å². The van der Waals surface area contributed by atoms with Crippen LogP contribution in [0.3, 0.4) is 0 Å². The Morgan fingerprint density at radius 3 is 2.22 bits per heavy atom. The van der Waals surface area contributed by atoms with Crippen LogP contribution in [0.15, 0.2) is 12.4 Å². The SMILES string of the molecule is CCNc1cncc(N(CC(C)C)CC(C)C)n1. The van der Waals surface area contributed by atoms with Gasteiger partial charge < -0.3 is 10.2 Å². The van der Waals surface area contributed by atoms with Crippen LogP contribution in [-0.2, 0) is 0 Å². The Hall–Kier alpha value is -1.32. The van der Waals surface area contributed by atoms with E-state index in [0.29, 0.717) is 11.8 Å². The maximum Gasteiger partial charge on any atom is 0.149 e. The highest BCUT2D eigenvalue weighted by Gasteiger charge is 2.12. The third-order valence-electron chi connectivity index (χ3n) is 2.47. The average Bonchev–Trinajstić information content (AvgIpc) is 2.28. The van der Waals surface area contributed by atoms with Crippen molar-refractivity contribution in [2.75, 3.05) is 29.9 Å². The van der Waals surface area contributed by atoms with Crippen molar-refractivity contribution >= 4 is 11.6 Å². The van der Waals surface area contributed by atoms with Crippen LogP contribution < -0.4 is 10.2 Å². The van der Waals surface area contributed by atoms with Crippen molar-refractivity contribution in [3.63, 3.8) is 0 Å². The molecule has 18 heavy (non-hydrogen) atoms. The molecule has 1 aromatic heterocycles. The molecule has 0 amide bonds. The minimum atomic E-state index is 0.619. The maximum absolute atomic E-state index is 4.62. The molecule has 0 atom stereocenters. The van der Waals surface area contributed by atoms with Gasteiger partial charge in [-0.15, -0.1) is 0 Å². The fourth-order valence-corrected chi connectivity index (χ4v) is 1.92. The van der Waals surface area contributed by atoms with Gasteiger partial charge >= 0.3 is 0 Å². The van der Waals surface area contributed by atoms with Crippen molar-refractivity contribution in [3.05, 3.63) is 12.4 Å². The predicted molar refractivity (Wildman–Crippen MR) is 78.1 cm³/mol. The molecule has 1 rings (SSSR count). The minimum Gasteiger partial charge on any atom is -0.369 e. The molecule has 1 N–H and O–H groups in total. The van der Waals surface area contributed by atoms with E-state index in [0.717, 1.165) is 31.3 Å². The summed E-state index contributed by atoms with van der Waals surface area (Å²) >= 11 is 0. The van der Waals surface area contributed by atoms with Crippen molar-refractivity contribution in [3.8, 4) is 0 Å². The molecule has 0 aliphatic rings. The summed E-state index contributed by atoms with van der Waals surface area (Å²) in [5, 5.41) is 3.21. The van der Waals surface area contributed by atoms with E-state index < -0.39 is 0 Å². The number of nitrogens with zero attached hydrogens (tertiary/aromatic N) is 3. The van der Waals surface area contributed by atoms with Gasteiger partial charge in [-0.25, -0.2) is 4.98 Å². The van der Waals surface area contributed by atoms with Gasteiger partial charge in [0.2, 0.25) is 0 Å². The Balaban J connectivity index is 2.85.